The fraction of sp³-hybridized carbons (Fsp3) is 0.538. The highest BCUT2D eigenvalue weighted by molar-refractivity contribution is 5.59. The van der Waals surface area contributed by atoms with Gasteiger partial charge in [0.2, 0.25) is 0 Å². The summed E-state index contributed by atoms with van der Waals surface area (Å²) >= 11 is 0. The Morgan fingerprint density at radius 2 is 2.00 bits per heavy atom. The number of nitrogens with two attached hydrogens (primary N) is 1. The van der Waals surface area contributed by atoms with E-state index in [-0.39, 0.29) is 11.2 Å². The molecule has 18 heavy (non-hydrogen) atoms. The van der Waals surface area contributed by atoms with Crippen LogP contribution in [0, 0.1) is 0 Å². The van der Waals surface area contributed by atoms with E-state index < -0.39 is 11.7 Å². The van der Waals surface area contributed by atoms with Gasteiger partial charge in [-0.3, -0.25) is 0 Å². The Balaban J connectivity index is 2.25. The van der Waals surface area contributed by atoms with Gasteiger partial charge in [-0.2, -0.15) is 13.2 Å². The van der Waals surface area contributed by atoms with Crippen molar-refractivity contribution in [1.82, 2.24) is 0 Å². The fourth-order valence-electron chi connectivity index (χ4n) is 2.36. The number of halogens is 3. The number of rotatable bonds is 3. The van der Waals surface area contributed by atoms with E-state index >= 15 is 0 Å². The predicted octanol–water partition coefficient (Wildman–Crippen LogP) is 4.03. The molecule has 0 spiro atoms. The minimum absolute atomic E-state index is 0.0288. The molecule has 1 fully saturated rings. The molecule has 0 unspecified atom stereocenters. The Morgan fingerprint density at radius 3 is 2.44 bits per heavy atom. The molecule has 0 aromatic heterocycles. The van der Waals surface area contributed by atoms with Crippen molar-refractivity contribution in [2.75, 3.05) is 11.1 Å². The first-order valence-corrected chi connectivity index (χ1v) is 6.11. The number of alkyl halides is 3. The summed E-state index contributed by atoms with van der Waals surface area (Å²) in [6, 6.07) is 4.03. The van der Waals surface area contributed by atoms with Gasteiger partial charge in [0, 0.05) is 16.9 Å². The lowest BCUT2D eigenvalue weighted by atomic mass is 9.74. The molecule has 2 nitrogen and oxygen atoms in total. The van der Waals surface area contributed by atoms with Crippen molar-refractivity contribution in [3.05, 3.63) is 23.8 Å². The van der Waals surface area contributed by atoms with Crippen molar-refractivity contribution < 1.29 is 13.2 Å². The van der Waals surface area contributed by atoms with Crippen LogP contribution >= 0.6 is 0 Å². The van der Waals surface area contributed by atoms with Gasteiger partial charge in [-0.25, -0.2) is 0 Å². The molecule has 2 rings (SSSR count). The van der Waals surface area contributed by atoms with Gasteiger partial charge >= 0.3 is 6.18 Å². The smallest absolute Gasteiger partial charge is 0.398 e. The van der Waals surface area contributed by atoms with Gasteiger partial charge in [0.15, 0.2) is 0 Å². The highest BCUT2D eigenvalue weighted by Crippen LogP contribution is 2.40. The lowest BCUT2D eigenvalue weighted by Gasteiger charge is -2.43. The first-order chi connectivity index (χ1) is 8.36. The average Bonchev–Trinajstić information content (AvgIpc) is 2.24. The fourth-order valence-corrected chi connectivity index (χ4v) is 2.36. The standard InChI is InChI=1S/C13H17F3N2/c1-2-12(6-3-7-12)18-9-4-5-11(17)10(8-9)13(14,15)16/h4-5,8,18H,2-3,6-7,17H2,1H3. The van der Waals surface area contributed by atoms with Crippen molar-refractivity contribution in [2.24, 2.45) is 0 Å². The Kier molecular flexibility index (Phi) is 3.17. The summed E-state index contributed by atoms with van der Waals surface area (Å²) in [7, 11) is 0. The molecular formula is C13H17F3N2. The maximum Gasteiger partial charge on any atom is 0.418 e. The molecular weight excluding hydrogens is 241 g/mol. The second-order valence-electron chi connectivity index (χ2n) is 4.91. The van der Waals surface area contributed by atoms with E-state index in [9.17, 15) is 13.2 Å². The van der Waals surface area contributed by atoms with E-state index in [2.05, 4.69) is 5.32 Å². The molecule has 0 bridgehead atoms. The molecule has 1 aromatic rings. The summed E-state index contributed by atoms with van der Waals surface area (Å²) in [5, 5.41) is 3.23. The molecule has 3 N–H and O–H groups in total. The van der Waals surface area contributed by atoms with Crippen molar-refractivity contribution in [3.63, 3.8) is 0 Å². The highest BCUT2D eigenvalue weighted by Gasteiger charge is 2.36. The third-order valence-corrected chi connectivity index (χ3v) is 3.76. The van der Waals surface area contributed by atoms with E-state index in [0.717, 1.165) is 31.7 Å². The molecule has 0 radical (unpaired) electrons. The summed E-state index contributed by atoms with van der Waals surface area (Å²) in [6.45, 7) is 2.05. The zero-order valence-electron chi connectivity index (χ0n) is 10.3. The molecule has 0 atom stereocenters. The van der Waals surface area contributed by atoms with E-state index in [1.807, 2.05) is 6.92 Å². The Hall–Kier alpha value is -1.39. The molecule has 1 aliphatic rings. The SMILES string of the molecule is CCC1(Nc2ccc(N)c(C(F)(F)F)c2)CCC1. The van der Waals surface area contributed by atoms with Gasteiger partial charge in [0.25, 0.3) is 0 Å². The third kappa shape index (κ3) is 2.40. The average molecular weight is 258 g/mol. The van der Waals surface area contributed by atoms with Crippen LogP contribution in [0.1, 0.15) is 38.2 Å². The molecule has 5 heteroatoms. The van der Waals surface area contributed by atoms with Gasteiger partial charge in [-0.15, -0.1) is 0 Å². The number of hydrogen-bond acceptors (Lipinski definition) is 2. The van der Waals surface area contributed by atoms with Gasteiger partial charge in [0.05, 0.1) is 5.56 Å². The Bertz CT molecular complexity index is 431. The molecule has 0 heterocycles. The molecule has 0 saturated heterocycles. The topological polar surface area (TPSA) is 38.0 Å². The zero-order chi connectivity index (χ0) is 13.4. The summed E-state index contributed by atoms with van der Waals surface area (Å²) in [5.74, 6) is 0. The van der Waals surface area contributed by atoms with Gasteiger partial charge in [0.1, 0.15) is 0 Å². The number of nitrogens with one attached hydrogen (secondary N) is 1. The molecule has 1 aromatic carbocycles. The van der Waals surface area contributed by atoms with E-state index in [1.54, 1.807) is 6.07 Å². The summed E-state index contributed by atoms with van der Waals surface area (Å²) in [6.07, 6.45) is -0.341. The molecule has 1 saturated carbocycles. The normalized spacial score (nSPS) is 18.2. The van der Waals surface area contributed by atoms with Crippen LogP contribution in [-0.2, 0) is 6.18 Å². The van der Waals surface area contributed by atoms with Crippen molar-refractivity contribution >= 4 is 11.4 Å². The van der Waals surface area contributed by atoms with E-state index in [4.69, 9.17) is 5.73 Å². The highest BCUT2D eigenvalue weighted by atomic mass is 19.4. The van der Waals surface area contributed by atoms with Crippen molar-refractivity contribution in [3.8, 4) is 0 Å². The molecule has 1 aliphatic carbocycles. The number of hydrogen-bond donors (Lipinski definition) is 2. The first-order valence-electron chi connectivity index (χ1n) is 6.11. The monoisotopic (exact) mass is 258 g/mol. The van der Waals surface area contributed by atoms with Crippen LogP contribution in [-0.4, -0.2) is 5.54 Å². The predicted molar refractivity (Wildman–Crippen MR) is 66.4 cm³/mol. The Morgan fingerprint density at radius 1 is 1.33 bits per heavy atom. The summed E-state index contributed by atoms with van der Waals surface area (Å²) in [5.41, 5.74) is 4.84. The number of nitrogen functional groups attached to an aromatic ring is 1. The first kappa shape index (κ1) is 13.1. The van der Waals surface area contributed by atoms with Crippen LogP contribution in [0.5, 0.6) is 0 Å². The maximum absolute atomic E-state index is 12.7. The Labute approximate surface area is 104 Å². The second-order valence-corrected chi connectivity index (χ2v) is 4.91. The number of anilines is 2. The molecule has 0 amide bonds. The molecule has 0 aliphatic heterocycles. The zero-order valence-corrected chi connectivity index (χ0v) is 10.3. The largest absolute Gasteiger partial charge is 0.418 e. The van der Waals surface area contributed by atoms with Gasteiger partial charge in [-0.05, 0) is 43.9 Å². The summed E-state index contributed by atoms with van der Waals surface area (Å²) in [4.78, 5) is 0. The third-order valence-electron chi connectivity index (χ3n) is 3.76. The quantitative estimate of drug-likeness (QED) is 0.803. The van der Waals surface area contributed by atoms with Crippen LogP contribution < -0.4 is 11.1 Å². The van der Waals surface area contributed by atoms with Crippen LogP contribution in [0.4, 0.5) is 24.5 Å². The molecule has 100 valence electrons. The van der Waals surface area contributed by atoms with Crippen molar-refractivity contribution in [1.29, 1.82) is 0 Å². The number of benzene rings is 1. The van der Waals surface area contributed by atoms with Crippen LogP contribution in [0.2, 0.25) is 0 Å². The van der Waals surface area contributed by atoms with Crippen molar-refractivity contribution in [2.45, 2.75) is 44.3 Å². The lowest BCUT2D eigenvalue weighted by molar-refractivity contribution is -0.136. The minimum atomic E-state index is -4.40. The van der Waals surface area contributed by atoms with E-state index in [1.165, 1.54) is 6.07 Å². The van der Waals surface area contributed by atoms with Crippen LogP contribution in [0.3, 0.4) is 0 Å². The minimum Gasteiger partial charge on any atom is -0.398 e. The second kappa shape index (κ2) is 4.37. The lowest BCUT2D eigenvalue weighted by Crippen LogP contribution is -2.44. The van der Waals surface area contributed by atoms with E-state index in [0.29, 0.717) is 5.69 Å². The summed E-state index contributed by atoms with van der Waals surface area (Å²) < 4.78 is 38.2. The van der Waals surface area contributed by atoms with Crippen LogP contribution in [0.15, 0.2) is 18.2 Å². The van der Waals surface area contributed by atoms with Gasteiger partial charge < -0.3 is 11.1 Å². The van der Waals surface area contributed by atoms with Gasteiger partial charge in [-0.1, -0.05) is 6.92 Å². The maximum atomic E-state index is 12.7. The van der Waals surface area contributed by atoms with Crippen LogP contribution in [0.25, 0.3) is 0 Å².